The van der Waals surface area contributed by atoms with Gasteiger partial charge in [-0.15, -0.1) is 0 Å². The lowest BCUT2D eigenvalue weighted by Gasteiger charge is -2.24. The molecule has 57 heavy (non-hydrogen) atoms. The summed E-state index contributed by atoms with van der Waals surface area (Å²) < 4.78 is 0. The fourth-order valence-electron chi connectivity index (χ4n) is 10.4. The van der Waals surface area contributed by atoms with Crippen molar-refractivity contribution in [3.8, 4) is 44.5 Å². The highest BCUT2D eigenvalue weighted by Gasteiger charge is 2.38. The summed E-state index contributed by atoms with van der Waals surface area (Å²) in [5.74, 6) is 0. The quantitative estimate of drug-likeness (QED) is 0.126. The van der Waals surface area contributed by atoms with Crippen LogP contribution in [0.15, 0.2) is 194 Å². The van der Waals surface area contributed by atoms with Crippen molar-refractivity contribution in [3.63, 3.8) is 0 Å². The Labute approximate surface area is 332 Å². The molecule has 11 aromatic carbocycles. The number of rotatable bonds is 3. The van der Waals surface area contributed by atoms with E-state index < -0.39 is 0 Å². The molecule has 1 aliphatic carbocycles. The minimum absolute atomic E-state index is 0.103. The summed E-state index contributed by atoms with van der Waals surface area (Å²) in [6, 6.07) is 72.5. The van der Waals surface area contributed by atoms with Gasteiger partial charge in [0.25, 0.3) is 0 Å². The molecule has 0 amide bonds. The van der Waals surface area contributed by atoms with E-state index in [4.69, 9.17) is 0 Å². The Morgan fingerprint density at radius 3 is 1.40 bits per heavy atom. The van der Waals surface area contributed by atoms with Gasteiger partial charge in [-0.2, -0.15) is 0 Å². The van der Waals surface area contributed by atoms with E-state index in [1.807, 2.05) is 0 Å². The molecule has 0 unspecified atom stereocenters. The van der Waals surface area contributed by atoms with Gasteiger partial charge in [-0.05, 0) is 138 Å². The molecule has 12 rings (SSSR count). The van der Waals surface area contributed by atoms with Crippen molar-refractivity contribution in [2.24, 2.45) is 0 Å². The number of fused-ring (bicyclic) bond motifs is 12. The highest BCUT2D eigenvalue weighted by atomic mass is 14.4. The zero-order valence-corrected chi connectivity index (χ0v) is 32.0. The van der Waals surface area contributed by atoms with Crippen molar-refractivity contribution in [3.05, 3.63) is 205 Å². The third-order valence-electron chi connectivity index (χ3n) is 13.0. The van der Waals surface area contributed by atoms with E-state index in [1.54, 1.807) is 0 Å². The molecule has 0 aromatic heterocycles. The average Bonchev–Trinajstić information content (AvgIpc) is 3.51. The summed E-state index contributed by atoms with van der Waals surface area (Å²) in [6.45, 7) is 4.80. The summed E-state index contributed by atoms with van der Waals surface area (Å²) >= 11 is 0. The van der Waals surface area contributed by atoms with E-state index in [-0.39, 0.29) is 5.41 Å². The van der Waals surface area contributed by atoms with Crippen LogP contribution in [0.1, 0.15) is 25.0 Å². The first-order chi connectivity index (χ1) is 28.0. The van der Waals surface area contributed by atoms with Crippen LogP contribution in [0, 0.1) is 0 Å². The van der Waals surface area contributed by atoms with Gasteiger partial charge >= 0.3 is 0 Å². The van der Waals surface area contributed by atoms with Gasteiger partial charge in [0, 0.05) is 5.41 Å². The van der Waals surface area contributed by atoms with Gasteiger partial charge in [0.15, 0.2) is 0 Å². The SMILES string of the molecule is CC1(C)c2ccc(-c3ccc4cc(-c5c6ccccc6c(-c6cccc7ccccc67)c6ccccc56)ccc4c3)cc2-c2c1c1ccccc1c1ccccc21. The Morgan fingerprint density at radius 1 is 0.281 bits per heavy atom. The lowest BCUT2D eigenvalue weighted by atomic mass is 9.79. The minimum atomic E-state index is -0.103. The van der Waals surface area contributed by atoms with Crippen molar-refractivity contribution in [1.82, 2.24) is 0 Å². The zero-order chi connectivity index (χ0) is 37.8. The molecule has 11 aromatic rings. The predicted octanol–water partition coefficient (Wildman–Crippen LogP) is 15.9. The van der Waals surface area contributed by atoms with Crippen molar-refractivity contribution >= 4 is 64.6 Å². The molecule has 1 aliphatic rings. The molecule has 266 valence electrons. The highest BCUT2D eigenvalue weighted by Crippen LogP contribution is 2.55. The molecular weight excluding hydrogens is 685 g/mol. The number of benzene rings is 11. The first-order valence-electron chi connectivity index (χ1n) is 20.1. The summed E-state index contributed by atoms with van der Waals surface area (Å²) in [4.78, 5) is 0. The van der Waals surface area contributed by atoms with Crippen molar-refractivity contribution in [1.29, 1.82) is 0 Å². The molecule has 0 atom stereocenters. The second-order valence-corrected chi connectivity index (χ2v) is 16.4. The average molecular weight is 723 g/mol. The van der Waals surface area contributed by atoms with Crippen molar-refractivity contribution in [2.75, 3.05) is 0 Å². The lowest BCUT2D eigenvalue weighted by molar-refractivity contribution is 0.666. The van der Waals surface area contributed by atoms with Crippen LogP contribution < -0.4 is 0 Å². The molecule has 0 heteroatoms. The molecular formula is C57H38. The van der Waals surface area contributed by atoms with Crippen LogP contribution in [0.25, 0.3) is 109 Å². The first-order valence-corrected chi connectivity index (χ1v) is 20.1. The Balaban J connectivity index is 1.01. The molecule has 0 spiro atoms. The standard InChI is InChI=1S/C57H38/c1-57(2)52-31-30-39(34-51(52)55-45-19-7-5-17-42(45)43-18-6-12-24-50(43)56(55)57)37-26-27-38-33-40(29-28-36(38)32-37)53-46-20-8-10-22-48(46)54(49-23-11-9-21-47(49)53)44-25-13-15-35-14-3-4-16-41(35)44/h3-34H,1-2H3. The van der Waals surface area contributed by atoms with E-state index in [1.165, 1.54) is 120 Å². The van der Waals surface area contributed by atoms with E-state index in [9.17, 15) is 0 Å². The fraction of sp³-hybridized carbons (Fsp3) is 0.0526. The largest absolute Gasteiger partial charge is 0.0616 e. The second-order valence-electron chi connectivity index (χ2n) is 16.4. The van der Waals surface area contributed by atoms with E-state index in [2.05, 4.69) is 208 Å². The van der Waals surface area contributed by atoms with Gasteiger partial charge in [-0.3, -0.25) is 0 Å². The maximum Gasteiger partial charge on any atom is 0.0165 e. The number of hydrogen-bond acceptors (Lipinski definition) is 0. The van der Waals surface area contributed by atoms with Crippen LogP contribution >= 0.6 is 0 Å². The maximum absolute atomic E-state index is 2.45. The van der Waals surface area contributed by atoms with E-state index in [0.717, 1.165) is 0 Å². The maximum atomic E-state index is 2.45. The fourth-order valence-corrected chi connectivity index (χ4v) is 10.4. The van der Waals surface area contributed by atoms with Crippen LogP contribution in [0.4, 0.5) is 0 Å². The van der Waals surface area contributed by atoms with Gasteiger partial charge in [-0.25, -0.2) is 0 Å². The summed E-state index contributed by atoms with van der Waals surface area (Å²) in [6.07, 6.45) is 0. The molecule has 0 N–H and O–H groups in total. The Morgan fingerprint density at radius 2 is 0.737 bits per heavy atom. The Kier molecular flexibility index (Phi) is 6.78. The van der Waals surface area contributed by atoms with Gasteiger partial charge in [-0.1, -0.05) is 190 Å². The molecule has 0 heterocycles. The number of hydrogen-bond donors (Lipinski definition) is 0. The first kappa shape index (κ1) is 32.2. The summed E-state index contributed by atoms with van der Waals surface area (Å²) in [7, 11) is 0. The smallest absolute Gasteiger partial charge is 0.0165 e. The lowest BCUT2D eigenvalue weighted by Crippen LogP contribution is -2.15. The van der Waals surface area contributed by atoms with Crippen LogP contribution in [0.5, 0.6) is 0 Å². The van der Waals surface area contributed by atoms with Crippen molar-refractivity contribution in [2.45, 2.75) is 19.3 Å². The Hall–Kier alpha value is -7.02. The molecule has 0 saturated carbocycles. The predicted molar refractivity (Wildman–Crippen MR) is 245 cm³/mol. The van der Waals surface area contributed by atoms with Crippen LogP contribution in [0.3, 0.4) is 0 Å². The zero-order valence-electron chi connectivity index (χ0n) is 32.0. The van der Waals surface area contributed by atoms with Crippen LogP contribution in [-0.2, 0) is 5.41 Å². The molecule has 0 aliphatic heterocycles. The third-order valence-corrected chi connectivity index (χ3v) is 13.0. The minimum Gasteiger partial charge on any atom is -0.0616 e. The molecule has 0 saturated heterocycles. The topological polar surface area (TPSA) is 0 Å². The molecule has 0 radical (unpaired) electrons. The molecule has 0 nitrogen and oxygen atoms in total. The van der Waals surface area contributed by atoms with Gasteiger partial charge in [0.2, 0.25) is 0 Å². The third kappa shape index (κ3) is 4.62. The van der Waals surface area contributed by atoms with Crippen LogP contribution in [-0.4, -0.2) is 0 Å². The van der Waals surface area contributed by atoms with Gasteiger partial charge < -0.3 is 0 Å². The summed E-state index contributed by atoms with van der Waals surface area (Å²) in [5, 5.41) is 15.5. The van der Waals surface area contributed by atoms with E-state index in [0.29, 0.717) is 0 Å². The monoisotopic (exact) mass is 722 g/mol. The molecule has 0 fully saturated rings. The second kappa shape index (κ2) is 12.0. The highest BCUT2D eigenvalue weighted by molar-refractivity contribution is 6.24. The van der Waals surface area contributed by atoms with Gasteiger partial charge in [0.05, 0.1) is 0 Å². The van der Waals surface area contributed by atoms with Gasteiger partial charge in [0.1, 0.15) is 0 Å². The van der Waals surface area contributed by atoms with Crippen LogP contribution in [0.2, 0.25) is 0 Å². The van der Waals surface area contributed by atoms with Crippen molar-refractivity contribution < 1.29 is 0 Å². The Bertz CT molecular complexity index is 3430. The normalized spacial score (nSPS) is 13.2. The summed E-state index contributed by atoms with van der Waals surface area (Å²) in [5.41, 5.74) is 13.1. The van der Waals surface area contributed by atoms with E-state index >= 15 is 0 Å². The molecule has 0 bridgehead atoms.